The van der Waals surface area contributed by atoms with E-state index in [0.717, 1.165) is 48.9 Å². The highest BCUT2D eigenvalue weighted by Crippen LogP contribution is 2.38. The summed E-state index contributed by atoms with van der Waals surface area (Å²) >= 11 is 7.67. The molecule has 1 fully saturated rings. The Morgan fingerprint density at radius 2 is 1.59 bits per heavy atom. The third kappa shape index (κ3) is 10.9. The van der Waals surface area contributed by atoms with Crippen LogP contribution in [0.3, 0.4) is 0 Å². The highest BCUT2D eigenvalue weighted by molar-refractivity contribution is 7.99. The molecule has 0 radical (unpaired) electrons. The van der Waals surface area contributed by atoms with Crippen molar-refractivity contribution >= 4 is 61.5 Å². The van der Waals surface area contributed by atoms with E-state index < -0.39 is 26.7 Å². The summed E-state index contributed by atoms with van der Waals surface area (Å²) in [7, 11) is -0.675. The summed E-state index contributed by atoms with van der Waals surface area (Å²) in [4.78, 5) is 15.7. The van der Waals surface area contributed by atoms with Gasteiger partial charge in [-0.2, -0.15) is 13.2 Å². The van der Waals surface area contributed by atoms with Crippen molar-refractivity contribution in [1.29, 1.82) is 0 Å². The molecule has 7 rings (SSSR count). The van der Waals surface area contributed by atoms with Crippen LogP contribution in [-0.4, -0.2) is 86.8 Å². The number of hydrogen-bond donors (Lipinski definition) is 2. The van der Waals surface area contributed by atoms with E-state index in [9.17, 15) is 21.6 Å². The Labute approximate surface area is 352 Å². The number of fused-ring (bicyclic) bond motifs is 1. The number of nitrogens with zero attached hydrogens (tertiary/aromatic N) is 5. The Bertz CT molecular complexity index is 2470. The zero-order chi connectivity index (χ0) is 41.6. The maximum Gasteiger partial charge on any atom is 0.418 e. The molecule has 59 heavy (non-hydrogen) atoms. The van der Waals surface area contributed by atoms with Gasteiger partial charge in [0.2, 0.25) is 0 Å². The lowest BCUT2D eigenvalue weighted by molar-refractivity contribution is -0.137. The van der Waals surface area contributed by atoms with Gasteiger partial charge in [-0.1, -0.05) is 66.2 Å². The zero-order valence-electron chi connectivity index (χ0n) is 32.7. The summed E-state index contributed by atoms with van der Waals surface area (Å²) in [5.41, 5.74) is 3.71. The van der Waals surface area contributed by atoms with Crippen LogP contribution in [0.2, 0.25) is 5.02 Å². The van der Waals surface area contributed by atoms with Crippen LogP contribution in [0.15, 0.2) is 131 Å². The summed E-state index contributed by atoms with van der Waals surface area (Å²) in [6.07, 6.45) is -3.00. The quantitative estimate of drug-likeness (QED) is 0.0980. The molecule has 0 bridgehead atoms. The second kappa shape index (κ2) is 18.6. The summed E-state index contributed by atoms with van der Waals surface area (Å²) in [5.74, 6) is 0.485. The Morgan fingerprint density at radius 3 is 2.32 bits per heavy atom. The van der Waals surface area contributed by atoms with E-state index in [0.29, 0.717) is 40.7 Å². The standard InChI is InChI=1S/C44H45ClF3N7O2S2/c1-53(2)21-20-34(29-58-36-9-4-3-5-10-36)51-41-19-17-37(27-40(41)44(46,47)48)59(56,57)52-43-39-18-16-35(26-42(39)49-30-50-43)55-24-22-54(23-25-55)28-32-8-6-7-11-38(32)31-12-14-33(45)15-13-31/h3-19,26-27,30,34,51H,20-25,28-29H2,1-2H3,(H,49,50,52)/t34-/m1/s1. The molecular formula is C44H45ClF3N7O2S2. The van der Waals surface area contributed by atoms with Gasteiger partial charge in [-0.05, 0) is 104 Å². The normalized spacial score (nSPS) is 14.5. The molecule has 0 aliphatic carbocycles. The monoisotopic (exact) mass is 859 g/mol. The van der Waals surface area contributed by atoms with Crippen LogP contribution in [0, 0.1) is 0 Å². The average Bonchev–Trinajstić information content (AvgIpc) is 3.22. The van der Waals surface area contributed by atoms with E-state index in [-0.39, 0.29) is 17.5 Å². The Morgan fingerprint density at radius 1 is 0.864 bits per heavy atom. The van der Waals surface area contributed by atoms with Gasteiger partial charge in [0.25, 0.3) is 10.0 Å². The molecule has 0 unspecified atom stereocenters. The predicted octanol–water partition coefficient (Wildman–Crippen LogP) is 9.62. The minimum absolute atomic E-state index is 0.0248. The van der Waals surface area contributed by atoms with Gasteiger partial charge in [0.1, 0.15) is 6.33 Å². The summed E-state index contributed by atoms with van der Waals surface area (Å²) < 4.78 is 73.5. The van der Waals surface area contributed by atoms with E-state index >= 15 is 0 Å². The first kappa shape index (κ1) is 42.3. The molecule has 9 nitrogen and oxygen atoms in total. The van der Waals surface area contributed by atoms with Crippen molar-refractivity contribution in [2.75, 3.05) is 67.5 Å². The molecule has 308 valence electrons. The first-order valence-electron chi connectivity index (χ1n) is 19.2. The predicted molar refractivity (Wildman–Crippen MR) is 234 cm³/mol. The van der Waals surface area contributed by atoms with Crippen LogP contribution in [-0.2, 0) is 22.7 Å². The first-order valence-corrected chi connectivity index (χ1v) is 22.1. The average molecular weight is 860 g/mol. The number of hydrogen-bond acceptors (Lipinski definition) is 9. The minimum Gasteiger partial charge on any atom is -0.381 e. The van der Waals surface area contributed by atoms with Crippen LogP contribution in [0.4, 0.5) is 30.4 Å². The highest BCUT2D eigenvalue weighted by Gasteiger charge is 2.36. The number of anilines is 3. The lowest BCUT2D eigenvalue weighted by atomic mass is 9.99. The molecule has 0 spiro atoms. The van der Waals surface area contributed by atoms with Crippen LogP contribution in [0.5, 0.6) is 0 Å². The third-order valence-electron chi connectivity index (χ3n) is 10.2. The second-order valence-corrected chi connectivity index (χ2v) is 17.9. The summed E-state index contributed by atoms with van der Waals surface area (Å²) in [6.45, 7) is 4.66. The number of sulfonamides is 1. The van der Waals surface area contributed by atoms with E-state index in [1.54, 1.807) is 17.8 Å². The Hall–Kier alpha value is -4.86. The lowest BCUT2D eigenvalue weighted by Gasteiger charge is -2.36. The van der Waals surface area contributed by atoms with E-state index in [2.05, 4.69) is 48.0 Å². The van der Waals surface area contributed by atoms with Gasteiger partial charge in [-0.15, -0.1) is 11.8 Å². The van der Waals surface area contributed by atoms with Crippen molar-refractivity contribution in [2.24, 2.45) is 0 Å². The number of aromatic nitrogens is 2. The zero-order valence-corrected chi connectivity index (χ0v) is 35.1. The third-order valence-corrected chi connectivity index (χ3v) is 13.0. The molecule has 1 saturated heterocycles. The van der Waals surface area contributed by atoms with Gasteiger partial charge in [0.05, 0.1) is 16.0 Å². The topological polar surface area (TPSA) is 93.7 Å². The smallest absolute Gasteiger partial charge is 0.381 e. The van der Waals surface area contributed by atoms with Gasteiger partial charge in [-0.25, -0.2) is 18.4 Å². The van der Waals surface area contributed by atoms with Crippen molar-refractivity contribution in [3.63, 3.8) is 0 Å². The lowest BCUT2D eigenvalue weighted by Crippen LogP contribution is -2.46. The van der Waals surface area contributed by atoms with Crippen LogP contribution >= 0.6 is 23.4 Å². The van der Waals surface area contributed by atoms with Crippen molar-refractivity contribution < 1.29 is 21.6 Å². The van der Waals surface area contributed by atoms with E-state index in [1.807, 2.05) is 91.8 Å². The molecule has 1 aliphatic rings. The number of thioether (sulfide) groups is 1. The summed E-state index contributed by atoms with van der Waals surface area (Å²) in [6, 6.07) is 34.1. The first-order chi connectivity index (χ1) is 28.3. The van der Waals surface area contributed by atoms with Crippen molar-refractivity contribution in [2.45, 2.75) is 35.0 Å². The molecular weight excluding hydrogens is 815 g/mol. The number of piperazine rings is 1. The Kier molecular flexibility index (Phi) is 13.3. The molecule has 2 N–H and O–H groups in total. The van der Waals surface area contributed by atoms with Crippen LogP contribution in [0.1, 0.15) is 17.5 Å². The minimum atomic E-state index is -4.82. The molecule has 2 heterocycles. The van der Waals surface area contributed by atoms with Gasteiger partial charge in [0, 0.05) is 71.2 Å². The number of nitrogens with one attached hydrogen (secondary N) is 2. The highest BCUT2D eigenvalue weighted by atomic mass is 35.5. The number of rotatable bonds is 15. The molecule has 1 aliphatic heterocycles. The number of alkyl halides is 3. The maximum absolute atomic E-state index is 14.6. The van der Waals surface area contributed by atoms with Crippen molar-refractivity contribution in [1.82, 2.24) is 19.8 Å². The van der Waals surface area contributed by atoms with E-state index in [4.69, 9.17) is 11.6 Å². The summed E-state index contributed by atoms with van der Waals surface area (Å²) in [5, 5.41) is 4.20. The second-order valence-electron chi connectivity index (χ2n) is 14.7. The van der Waals surface area contributed by atoms with Gasteiger partial charge in [0.15, 0.2) is 5.82 Å². The number of halogens is 4. The largest absolute Gasteiger partial charge is 0.418 e. The molecule has 0 saturated carbocycles. The molecule has 1 atom stereocenters. The fourth-order valence-electron chi connectivity index (χ4n) is 7.08. The Balaban J connectivity index is 1.04. The maximum atomic E-state index is 14.6. The van der Waals surface area contributed by atoms with Crippen molar-refractivity contribution in [3.05, 3.63) is 138 Å². The molecule has 6 aromatic rings. The van der Waals surface area contributed by atoms with Gasteiger partial charge < -0.3 is 15.1 Å². The molecule has 0 amide bonds. The van der Waals surface area contributed by atoms with Crippen LogP contribution < -0.4 is 14.9 Å². The van der Waals surface area contributed by atoms with E-state index in [1.165, 1.54) is 29.6 Å². The fraction of sp³-hybridized carbons (Fsp3) is 0.273. The SMILES string of the molecule is CN(C)CC[C@H](CSc1ccccc1)Nc1ccc(S(=O)(=O)Nc2ncnc3cc(N4CCN(Cc5ccccc5-c5ccc(Cl)cc5)CC4)ccc23)cc1C(F)(F)F. The van der Waals surface area contributed by atoms with Crippen molar-refractivity contribution in [3.8, 4) is 11.1 Å². The fourth-order valence-corrected chi connectivity index (χ4v) is 9.25. The van der Waals surface area contributed by atoms with Gasteiger partial charge >= 0.3 is 6.18 Å². The van der Waals surface area contributed by atoms with Gasteiger partial charge in [-0.3, -0.25) is 9.62 Å². The number of benzene rings is 5. The molecule has 1 aromatic heterocycles. The molecule has 15 heteroatoms. The molecule has 5 aromatic carbocycles. The van der Waals surface area contributed by atoms with Crippen LogP contribution in [0.25, 0.3) is 22.0 Å².